The lowest BCUT2D eigenvalue weighted by atomic mass is 9.80. The first kappa shape index (κ1) is 64.0. The highest BCUT2D eigenvalue weighted by Crippen LogP contribution is 2.60. The second kappa shape index (κ2) is 23.0. The summed E-state index contributed by atoms with van der Waals surface area (Å²) in [6, 6.07) is 125. The minimum absolute atomic E-state index is 0.101. The van der Waals surface area contributed by atoms with Crippen LogP contribution in [0.5, 0.6) is 0 Å². The van der Waals surface area contributed by atoms with Crippen molar-refractivity contribution in [3.05, 3.63) is 350 Å². The molecule has 0 N–H and O–H groups in total. The standard InChI is InChI=1S/C56H32.C55H46/c1-3-14-34(15-4-1)52-43-29-28-37(31-47(43)53(35-16-5-2-6-17-35)56-45-27-12-20-33-19-11-26-44(50(33)45)55(52)56)51-38-21-8-7-18-36(38)30-46-42-25-13-24-41-39-22-9-10-23-40(39)48(54(41)42)32-49(46)51;1-53(2,3)39-25-35-11-9-31-13-19-41(45-23-17-37(27-39)49(35)51(31)45)33-15-21-43-44-22-16-34(30-48(44)55(7,8)47(43)29-33)42-20-14-32-10-12-36-26-40(54(4,5)6)28-38-18-24-46(42)52(32)50(36)38/h1-32H;9-30H,1-8H3. The van der Waals surface area contributed by atoms with E-state index in [4.69, 9.17) is 0 Å². The maximum absolute atomic E-state index is 2.52. The minimum Gasteiger partial charge on any atom is -0.0622 e. The van der Waals surface area contributed by atoms with Crippen LogP contribution < -0.4 is 0 Å². The van der Waals surface area contributed by atoms with Crippen molar-refractivity contribution < 1.29 is 0 Å². The first-order valence-electron chi connectivity index (χ1n) is 39.6. The molecule has 0 atom stereocenters. The van der Waals surface area contributed by atoms with Gasteiger partial charge in [-0.1, -0.05) is 353 Å². The lowest BCUT2D eigenvalue weighted by molar-refractivity contribution is 0.591. The molecule has 0 heteroatoms. The van der Waals surface area contributed by atoms with Gasteiger partial charge < -0.3 is 0 Å². The van der Waals surface area contributed by atoms with Gasteiger partial charge in [0, 0.05) is 5.41 Å². The van der Waals surface area contributed by atoms with Crippen LogP contribution in [0.4, 0.5) is 0 Å². The van der Waals surface area contributed by atoms with E-state index in [0.717, 1.165) is 0 Å². The van der Waals surface area contributed by atoms with Crippen LogP contribution in [0.25, 0.3) is 230 Å². The highest BCUT2D eigenvalue weighted by atomic mass is 14.4. The Bertz CT molecular complexity index is 7370. The van der Waals surface area contributed by atoms with Gasteiger partial charge in [-0.3, -0.25) is 0 Å². The van der Waals surface area contributed by atoms with Crippen LogP contribution in [0.1, 0.15) is 77.6 Å². The van der Waals surface area contributed by atoms with Crippen LogP contribution in [0.15, 0.2) is 328 Å². The molecule has 0 aromatic heterocycles. The summed E-state index contributed by atoms with van der Waals surface area (Å²) >= 11 is 0. The Balaban J connectivity index is 0.000000133. The average molecular weight is 1410 g/mol. The molecule has 0 nitrogen and oxygen atoms in total. The summed E-state index contributed by atoms with van der Waals surface area (Å²) in [6.07, 6.45) is 0. The van der Waals surface area contributed by atoms with Gasteiger partial charge in [0.05, 0.1) is 0 Å². The molecule has 0 radical (unpaired) electrons. The minimum atomic E-state index is -0.142. The fourth-order valence-corrected chi connectivity index (χ4v) is 20.6. The molecule has 0 aliphatic heterocycles. The Morgan fingerprint density at radius 2 is 0.586 bits per heavy atom. The van der Waals surface area contributed by atoms with Gasteiger partial charge in [0.1, 0.15) is 0 Å². The van der Waals surface area contributed by atoms with E-state index in [2.05, 4.69) is 383 Å². The molecule has 0 bridgehead atoms. The molecule has 24 rings (SSSR count). The molecule has 0 heterocycles. The van der Waals surface area contributed by atoms with Crippen LogP contribution in [0.3, 0.4) is 0 Å². The van der Waals surface area contributed by atoms with Gasteiger partial charge in [0.25, 0.3) is 0 Å². The molecule has 522 valence electrons. The smallest absolute Gasteiger partial charge is 0.0159 e. The topological polar surface area (TPSA) is 0 Å². The van der Waals surface area contributed by atoms with E-state index in [1.807, 2.05) is 0 Å². The van der Waals surface area contributed by atoms with E-state index < -0.39 is 0 Å². The molecule has 0 fully saturated rings. The van der Waals surface area contributed by atoms with Gasteiger partial charge in [-0.05, 0) is 293 Å². The van der Waals surface area contributed by atoms with Crippen molar-refractivity contribution in [2.24, 2.45) is 0 Å². The van der Waals surface area contributed by atoms with Crippen LogP contribution in [-0.2, 0) is 16.2 Å². The molecule has 0 amide bonds. The average Bonchev–Trinajstić information content (AvgIpc) is 1.58. The fraction of sp³-hybridized carbons (Fsp3) is 0.0991. The SMILES string of the molecule is CC(C)(C)c1cc2ccc3ccc(-c4ccc5c(c4)C(C)(C)c4cc(-c6ccc7ccc8cc(C(C)(C)C)cc9ccc6c7c89)ccc4-5)c4ccc(c1)c2c34.c1ccc(-c2c3c(c(-c4ccccc4)c4cc(-c5c6ccccc6cc6c5cc5c7c(cccc76)-c6ccccc6-5)ccc24)-c2cccc4cccc-3c24)cc1. The number of hydrogen-bond acceptors (Lipinski definition) is 0. The van der Waals surface area contributed by atoms with Crippen molar-refractivity contribution in [2.45, 2.75) is 71.6 Å². The Kier molecular flexibility index (Phi) is 13.3. The van der Waals surface area contributed by atoms with Gasteiger partial charge >= 0.3 is 0 Å². The summed E-state index contributed by atoms with van der Waals surface area (Å²) in [5, 5.41) is 29.1. The van der Waals surface area contributed by atoms with Crippen molar-refractivity contribution >= 4 is 118 Å². The predicted octanol–water partition coefficient (Wildman–Crippen LogP) is 31.5. The third-order valence-corrected chi connectivity index (χ3v) is 25.9. The highest BCUT2D eigenvalue weighted by Gasteiger charge is 2.37. The summed E-state index contributed by atoms with van der Waals surface area (Å²) in [7, 11) is 0. The van der Waals surface area contributed by atoms with Crippen LogP contribution in [0, 0.1) is 0 Å². The largest absolute Gasteiger partial charge is 0.0622 e. The summed E-state index contributed by atoms with van der Waals surface area (Å²) in [6.45, 7) is 18.7. The fourth-order valence-electron chi connectivity index (χ4n) is 20.6. The summed E-state index contributed by atoms with van der Waals surface area (Å²) in [5.41, 5.74) is 31.8. The van der Waals surface area contributed by atoms with Crippen LogP contribution in [-0.4, -0.2) is 0 Å². The Morgan fingerprint density at radius 3 is 1.14 bits per heavy atom. The molecule has 3 aliphatic carbocycles. The van der Waals surface area contributed by atoms with Gasteiger partial charge in [0.15, 0.2) is 0 Å². The van der Waals surface area contributed by atoms with Crippen molar-refractivity contribution in [3.8, 4) is 111 Å². The molecule has 21 aromatic rings. The number of benzene rings is 21. The van der Waals surface area contributed by atoms with Gasteiger partial charge in [-0.2, -0.15) is 0 Å². The van der Waals surface area contributed by atoms with Crippen molar-refractivity contribution in [1.82, 2.24) is 0 Å². The van der Waals surface area contributed by atoms with E-state index in [1.165, 1.54) is 252 Å². The zero-order valence-corrected chi connectivity index (χ0v) is 63.7. The van der Waals surface area contributed by atoms with Gasteiger partial charge in [-0.15, -0.1) is 0 Å². The first-order chi connectivity index (χ1) is 54.1. The lowest BCUT2D eigenvalue weighted by Gasteiger charge is -2.24. The molecule has 0 spiro atoms. The Hall–Kier alpha value is -13.0. The Labute approximate surface area is 646 Å². The summed E-state index contributed by atoms with van der Waals surface area (Å²) in [4.78, 5) is 0. The van der Waals surface area contributed by atoms with Crippen LogP contribution in [0.2, 0.25) is 0 Å². The van der Waals surface area contributed by atoms with Crippen molar-refractivity contribution in [2.75, 3.05) is 0 Å². The van der Waals surface area contributed by atoms with Crippen molar-refractivity contribution in [1.29, 1.82) is 0 Å². The quantitative estimate of drug-likeness (QED) is 0.119. The lowest BCUT2D eigenvalue weighted by Crippen LogP contribution is -2.15. The Morgan fingerprint density at radius 1 is 0.180 bits per heavy atom. The molecule has 21 aromatic carbocycles. The third kappa shape index (κ3) is 9.23. The highest BCUT2D eigenvalue weighted by molar-refractivity contribution is 6.32. The van der Waals surface area contributed by atoms with E-state index in [1.54, 1.807) is 0 Å². The maximum Gasteiger partial charge on any atom is 0.0159 e. The van der Waals surface area contributed by atoms with Gasteiger partial charge in [-0.25, -0.2) is 0 Å². The molecule has 3 aliphatic rings. The summed E-state index contributed by atoms with van der Waals surface area (Å²) < 4.78 is 0. The zero-order chi connectivity index (χ0) is 74.2. The molecule has 0 saturated carbocycles. The number of hydrogen-bond donors (Lipinski definition) is 0. The molecule has 0 saturated heterocycles. The molecule has 111 heavy (non-hydrogen) atoms. The predicted molar refractivity (Wildman–Crippen MR) is 479 cm³/mol. The van der Waals surface area contributed by atoms with E-state index in [9.17, 15) is 0 Å². The number of fused-ring (bicyclic) bond motifs is 13. The summed E-state index contributed by atoms with van der Waals surface area (Å²) in [5.74, 6) is 0. The molecule has 0 unspecified atom stereocenters. The molecular weight excluding hydrogens is 1330 g/mol. The number of rotatable bonds is 5. The van der Waals surface area contributed by atoms with Crippen LogP contribution >= 0.6 is 0 Å². The zero-order valence-electron chi connectivity index (χ0n) is 63.7. The third-order valence-electron chi connectivity index (χ3n) is 25.9. The second-order valence-corrected chi connectivity index (χ2v) is 34.5. The second-order valence-electron chi connectivity index (χ2n) is 34.5. The van der Waals surface area contributed by atoms with E-state index in [0.29, 0.717) is 0 Å². The maximum atomic E-state index is 2.52. The first-order valence-corrected chi connectivity index (χ1v) is 39.6. The van der Waals surface area contributed by atoms with Gasteiger partial charge in [0.2, 0.25) is 0 Å². The van der Waals surface area contributed by atoms with E-state index >= 15 is 0 Å². The monoisotopic (exact) mass is 1410 g/mol. The normalized spacial score (nSPS) is 13.3. The van der Waals surface area contributed by atoms with E-state index in [-0.39, 0.29) is 16.2 Å². The van der Waals surface area contributed by atoms with Crippen molar-refractivity contribution in [3.63, 3.8) is 0 Å². The molecular formula is C111H78.